The molecule has 0 radical (unpaired) electrons. The second-order valence-corrected chi connectivity index (χ2v) is 8.37. The Morgan fingerprint density at radius 3 is 2.42 bits per heavy atom. The number of carbonyl (C=O) groups excluding carboxylic acids is 1. The fourth-order valence-electron chi connectivity index (χ4n) is 3.36. The van der Waals surface area contributed by atoms with E-state index in [2.05, 4.69) is 36.1 Å². The number of hydrogen-bond acceptors (Lipinski definition) is 3. The zero-order valence-corrected chi connectivity index (χ0v) is 16.5. The van der Waals surface area contributed by atoms with Crippen LogP contribution in [-0.2, 0) is 17.3 Å². The molecule has 4 nitrogen and oxygen atoms in total. The van der Waals surface area contributed by atoms with Crippen LogP contribution in [0.25, 0.3) is 0 Å². The van der Waals surface area contributed by atoms with E-state index in [1.807, 2.05) is 24.0 Å². The van der Waals surface area contributed by atoms with E-state index in [9.17, 15) is 9.00 Å². The summed E-state index contributed by atoms with van der Waals surface area (Å²) in [4.78, 5) is 17.9. The predicted molar refractivity (Wildman–Crippen MR) is 106 cm³/mol. The maximum absolute atomic E-state index is 12.9. The molecular formula is C21H26N2O2S. The second-order valence-electron chi connectivity index (χ2n) is 6.99. The predicted octanol–water partition coefficient (Wildman–Crippen LogP) is 3.00. The Morgan fingerprint density at radius 2 is 1.77 bits per heavy atom. The molecule has 1 aliphatic rings. The normalized spacial score (nSPS) is 16.5. The molecule has 26 heavy (non-hydrogen) atoms. The number of hydrogen-bond donors (Lipinski definition) is 0. The molecule has 1 aliphatic heterocycles. The summed E-state index contributed by atoms with van der Waals surface area (Å²) in [5.41, 5.74) is 4.20. The molecule has 1 amide bonds. The molecular weight excluding hydrogens is 344 g/mol. The Bertz CT molecular complexity index is 827. The van der Waals surface area contributed by atoms with Crippen molar-refractivity contribution in [1.29, 1.82) is 0 Å². The van der Waals surface area contributed by atoms with Crippen molar-refractivity contribution in [3.63, 3.8) is 0 Å². The second kappa shape index (κ2) is 8.14. The molecule has 2 aromatic carbocycles. The van der Waals surface area contributed by atoms with Crippen molar-refractivity contribution in [2.75, 3.05) is 32.4 Å². The third-order valence-electron chi connectivity index (χ3n) is 4.92. The van der Waals surface area contributed by atoms with Crippen molar-refractivity contribution in [1.82, 2.24) is 9.80 Å². The molecule has 2 aromatic rings. The summed E-state index contributed by atoms with van der Waals surface area (Å²) in [5.74, 6) is 0.0463. The molecule has 5 heteroatoms. The first-order chi connectivity index (χ1) is 12.4. The van der Waals surface area contributed by atoms with E-state index in [0.717, 1.165) is 38.3 Å². The van der Waals surface area contributed by atoms with Gasteiger partial charge in [-0.2, -0.15) is 0 Å². The van der Waals surface area contributed by atoms with E-state index in [0.29, 0.717) is 10.5 Å². The van der Waals surface area contributed by atoms with Crippen molar-refractivity contribution in [2.45, 2.75) is 25.3 Å². The highest BCUT2D eigenvalue weighted by molar-refractivity contribution is 7.84. The van der Waals surface area contributed by atoms with E-state index < -0.39 is 10.8 Å². The molecule has 0 spiro atoms. The first kappa shape index (κ1) is 18.8. The molecule has 0 aliphatic carbocycles. The fourth-order valence-corrected chi connectivity index (χ4v) is 3.90. The summed E-state index contributed by atoms with van der Waals surface area (Å²) in [6.45, 7) is 8.17. The molecule has 1 unspecified atom stereocenters. The van der Waals surface area contributed by atoms with E-state index in [1.165, 1.54) is 11.1 Å². The third-order valence-corrected chi connectivity index (χ3v) is 5.84. The quantitative estimate of drug-likeness (QED) is 0.831. The smallest absolute Gasteiger partial charge is 0.254 e. The van der Waals surface area contributed by atoms with Gasteiger partial charge in [-0.25, -0.2) is 0 Å². The molecule has 1 heterocycles. The molecule has 1 atom stereocenters. The standard InChI is InChI=1S/C21H26N2O2S/c1-16-5-4-6-18(13-16)15-22-9-11-23(12-10-22)21(24)20-14-19(26(3)25)8-7-17(20)2/h4-8,13-14H,9-12,15H2,1-3H3. The maximum atomic E-state index is 12.9. The van der Waals surface area contributed by atoms with Crippen LogP contribution in [0.15, 0.2) is 47.4 Å². The minimum Gasteiger partial charge on any atom is -0.336 e. The Morgan fingerprint density at radius 1 is 1.04 bits per heavy atom. The number of aryl methyl sites for hydroxylation is 2. The topological polar surface area (TPSA) is 40.6 Å². The molecule has 0 saturated carbocycles. The van der Waals surface area contributed by atoms with Crippen LogP contribution in [0.1, 0.15) is 27.0 Å². The average molecular weight is 371 g/mol. The van der Waals surface area contributed by atoms with Crippen LogP contribution in [0.2, 0.25) is 0 Å². The highest BCUT2D eigenvalue weighted by Gasteiger charge is 2.23. The maximum Gasteiger partial charge on any atom is 0.254 e. The molecule has 0 bridgehead atoms. The van der Waals surface area contributed by atoms with E-state index in [-0.39, 0.29) is 5.91 Å². The first-order valence-corrected chi connectivity index (χ1v) is 10.5. The number of benzene rings is 2. The van der Waals surface area contributed by atoms with Crippen LogP contribution in [0.4, 0.5) is 0 Å². The van der Waals surface area contributed by atoms with E-state index >= 15 is 0 Å². The van der Waals surface area contributed by atoms with Gasteiger partial charge in [0, 0.05) is 60.2 Å². The first-order valence-electron chi connectivity index (χ1n) is 8.95. The van der Waals surface area contributed by atoms with Crippen LogP contribution in [0.5, 0.6) is 0 Å². The zero-order valence-electron chi connectivity index (χ0n) is 15.7. The van der Waals surface area contributed by atoms with Gasteiger partial charge in [0.1, 0.15) is 0 Å². The van der Waals surface area contributed by atoms with E-state index in [1.54, 1.807) is 12.3 Å². The number of piperazine rings is 1. The summed E-state index contributed by atoms with van der Waals surface area (Å²) in [5, 5.41) is 0. The van der Waals surface area contributed by atoms with Crippen molar-refractivity contribution in [3.8, 4) is 0 Å². The van der Waals surface area contributed by atoms with Crippen LogP contribution >= 0.6 is 0 Å². The van der Waals surface area contributed by atoms with Gasteiger partial charge in [-0.3, -0.25) is 13.9 Å². The van der Waals surface area contributed by atoms with Gasteiger partial charge in [0.05, 0.1) is 0 Å². The molecule has 1 saturated heterocycles. The van der Waals surface area contributed by atoms with Crippen LogP contribution in [0, 0.1) is 13.8 Å². The molecule has 3 rings (SSSR count). The number of amides is 1. The Labute approximate surface area is 158 Å². The third kappa shape index (κ3) is 4.40. The number of carbonyl (C=O) groups is 1. The summed E-state index contributed by atoms with van der Waals surface area (Å²) in [6, 6.07) is 14.1. The highest BCUT2D eigenvalue weighted by atomic mass is 32.2. The van der Waals surface area contributed by atoms with Gasteiger partial charge in [0.15, 0.2) is 0 Å². The van der Waals surface area contributed by atoms with Crippen LogP contribution < -0.4 is 0 Å². The van der Waals surface area contributed by atoms with Gasteiger partial charge in [-0.05, 0) is 37.1 Å². The Balaban J connectivity index is 1.63. The Kier molecular flexibility index (Phi) is 5.89. The minimum atomic E-state index is -1.08. The van der Waals surface area contributed by atoms with Crippen molar-refractivity contribution < 1.29 is 9.00 Å². The lowest BCUT2D eigenvalue weighted by Gasteiger charge is -2.35. The zero-order chi connectivity index (χ0) is 18.7. The van der Waals surface area contributed by atoms with Gasteiger partial charge in [0.25, 0.3) is 5.91 Å². The molecule has 0 N–H and O–H groups in total. The van der Waals surface area contributed by atoms with Crippen LogP contribution in [-0.4, -0.2) is 52.4 Å². The number of nitrogens with zero attached hydrogens (tertiary/aromatic N) is 2. The lowest BCUT2D eigenvalue weighted by atomic mass is 10.1. The van der Waals surface area contributed by atoms with Gasteiger partial charge >= 0.3 is 0 Å². The fraction of sp³-hybridized carbons (Fsp3) is 0.381. The highest BCUT2D eigenvalue weighted by Crippen LogP contribution is 2.18. The molecule has 138 valence electrons. The number of rotatable bonds is 4. The van der Waals surface area contributed by atoms with Gasteiger partial charge in [-0.1, -0.05) is 35.9 Å². The van der Waals surface area contributed by atoms with Crippen molar-refractivity contribution in [3.05, 3.63) is 64.7 Å². The SMILES string of the molecule is Cc1cccc(CN2CCN(C(=O)c3cc(S(C)=O)ccc3C)CC2)c1. The minimum absolute atomic E-state index is 0.0463. The van der Waals surface area contributed by atoms with Gasteiger partial charge in [0.2, 0.25) is 0 Å². The summed E-state index contributed by atoms with van der Waals surface area (Å²) < 4.78 is 11.7. The summed E-state index contributed by atoms with van der Waals surface area (Å²) >= 11 is 0. The monoisotopic (exact) mass is 370 g/mol. The summed E-state index contributed by atoms with van der Waals surface area (Å²) in [7, 11) is -1.08. The van der Waals surface area contributed by atoms with E-state index in [4.69, 9.17) is 0 Å². The molecule has 0 aromatic heterocycles. The molecule has 1 fully saturated rings. The Hall–Kier alpha value is -1.98. The largest absolute Gasteiger partial charge is 0.336 e. The average Bonchev–Trinajstić information content (AvgIpc) is 2.62. The lowest BCUT2D eigenvalue weighted by Crippen LogP contribution is -2.48. The van der Waals surface area contributed by atoms with Crippen molar-refractivity contribution >= 4 is 16.7 Å². The van der Waals surface area contributed by atoms with Crippen molar-refractivity contribution in [2.24, 2.45) is 0 Å². The van der Waals surface area contributed by atoms with Gasteiger partial charge in [-0.15, -0.1) is 0 Å². The van der Waals surface area contributed by atoms with Crippen LogP contribution in [0.3, 0.4) is 0 Å². The lowest BCUT2D eigenvalue weighted by molar-refractivity contribution is 0.0627. The summed E-state index contributed by atoms with van der Waals surface area (Å²) in [6.07, 6.45) is 1.64. The van der Waals surface area contributed by atoms with Gasteiger partial charge < -0.3 is 4.90 Å².